The van der Waals surface area contributed by atoms with Gasteiger partial charge in [-0.2, -0.15) is 0 Å². The van der Waals surface area contributed by atoms with E-state index in [1.54, 1.807) is 23.2 Å². The van der Waals surface area contributed by atoms with Crippen LogP contribution >= 0.6 is 23.7 Å². The number of nitrogens with one attached hydrogen (secondary N) is 1. The van der Waals surface area contributed by atoms with Gasteiger partial charge in [-0.1, -0.05) is 0 Å². The molecule has 1 N–H and O–H groups in total. The first-order valence-corrected chi connectivity index (χ1v) is 8.21. The van der Waals surface area contributed by atoms with Gasteiger partial charge < -0.3 is 5.32 Å². The number of fused-ring (bicyclic) bond motifs is 1. The Hall–Kier alpha value is -0.690. The number of nitrogens with zero attached hydrogens (tertiary/aromatic N) is 3. The zero-order valence-corrected chi connectivity index (χ0v) is 14.2. The summed E-state index contributed by atoms with van der Waals surface area (Å²) < 4.78 is 0. The molecule has 0 unspecified atom stereocenters. The molecular formula is C14H23ClN4OS. The molecule has 0 aliphatic carbocycles. The summed E-state index contributed by atoms with van der Waals surface area (Å²) in [6, 6.07) is 0. The number of carbonyl (C=O) groups excluding carboxylic acids is 1. The van der Waals surface area contributed by atoms with Gasteiger partial charge in [0.05, 0.1) is 5.69 Å². The molecule has 1 aromatic rings. The predicted molar refractivity (Wildman–Crippen MR) is 88.2 cm³/mol. The van der Waals surface area contributed by atoms with E-state index in [1.807, 2.05) is 6.92 Å². The Balaban J connectivity index is 0.00000161. The highest BCUT2D eigenvalue weighted by atomic mass is 35.5. The maximum atomic E-state index is 11.5. The topological polar surface area (TPSA) is 48.5 Å². The quantitative estimate of drug-likeness (QED) is 0.911. The van der Waals surface area contributed by atoms with E-state index in [4.69, 9.17) is 0 Å². The largest absolute Gasteiger partial charge is 0.316 e. The lowest BCUT2D eigenvalue weighted by Gasteiger charge is -2.16. The Morgan fingerprint density at radius 2 is 2.14 bits per heavy atom. The van der Waals surface area contributed by atoms with Gasteiger partial charge >= 0.3 is 0 Å². The second kappa shape index (κ2) is 7.05. The number of amides is 1. The molecule has 3 rings (SSSR count). The van der Waals surface area contributed by atoms with Crippen LogP contribution in [0.1, 0.15) is 19.5 Å². The zero-order chi connectivity index (χ0) is 14.1. The summed E-state index contributed by atoms with van der Waals surface area (Å²) in [6.45, 7) is 9.86. The van der Waals surface area contributed by atoms with E-state index >= 15 is 0 Å². The van der Waals surface area contributed by atoms with Gasteiger partial charge in [-0.05, 0) is 31.8 Å². The molecule has 0 spiro atoms. The summed E-state index contributed by atoms with van der Waals surface area (Å²) in [5, 5.41) is 6.38. The smallest absolute Gasteiger partial charge is 0.225 e. The number of carbonyl (C=O) groups is 1. The Labute approximate surface area is 136 Å². The summed E-state index contributed by atoms with van der Waals surface area (Å²) in [5.74, 6) is 1.70. The van der Waals surface area contributed by atoms with Crippen LogP contribution in [-0.4, -0.2) is 48.5 Å². The third kappa shape index (κ3) is 3.56. The van der Waals surface area contributed by atoms with Gasteiger partial charge in [-0.15, -0.1) is 23.7 Å². The van der Waals surface area contributed by atoms with Crippen LogP contribution in [0.15, 0.2) is 5.38 Å². The molecular weight excluding hydrogens is 308 g/mol. The van der Waals surface area contributed by atoms with Crippen molar-refractivity contribution in [3.05, 3.63) is 11.1 Å². The summed E-state index contributed by atoms with van der Waals surface area (Å²) in [6.07, 6.45) is 0. The first-order chi connectivity index (χ1) is 9.67. The summed E-state index contributed by atoms with van der Waals surface area (Å²) in [5.41, 5.74) is 1.10. The van der Waals surface area contributed by atoms with Gasteiger partial charge in [-0.3, -0.25) is 14.6 Å². The highest BCUT2D eigenvalue weighted by molar-refractivity contribution is 7.14. The molecule has 0 radical (unpaired) electrons. The number of hydrogen-bond donors (Lipinski definition) is 1. The molecule has 2 aliphatic heterocycles. The van der Waals surface area contributed by atoms with E-state index < -0.39 is 0 Å². The SMILES string of the molecule is CCN(C(C)=O)c1nc(CN2C[C@H]3CNC[C@H]3C2)cs1.Cl. The molecule has 0 aromatic carbocycles. The van der Waals surface area contributed by atoms with Gasteiger partial charge in [0.15, 0.2) is 5.13 Å². The van der Waals surface area contributed by atoms with Crippen LogP contribution in [0.4, 0.5) is 5.13 Å². The average molecular weight is 331 g/mol. The van der Waals surface area contributed by atoms with Gasteiger partial charge in [0.2, 0.25) is 5.91 Å². The number of anilines is 1. The minimum absolute atomic E-state index is 0. The zero-order valence-electron chi connectivity index (χ0n) is 12.5. The van der Waals surface area contributed by atoms with Crippen LogP contribution in [0.5, 0.6) is 0 Å². The van der Waals surface area contributed by atoms with Crippen molar-refractivity contribution >= 4 is 34.8 Å². The average Bonchev–Trinajstić information content (AvgIpc) is 3.06. The molecule has 0 saturated carbocycles. The molecule has 2 fully saturated rings. The molecule has 1 aromatic heterocycles. The molecule has 5 nitrogen and oxygen atoms in total. The molecule has 2 atom stereocenters. The van der Waals surface area contributed by atoms with Crippen LogP contribution in [0.3, 0.4) is 0 Å². The Kier molecular flexibility index (Phi) is 5.60. The Morgan fingerprint density at radius 3 is 2.71 bits per heavy atom. The van der Waals surface area contributed by atoms with Gasteiger partial charge in [0.25, 0.3) is 0 Å². The molecule has 21 heavy (non-hydrogen) atoms. The van der Waals surface area contributed by atoms with E-state index in [0.717, 1.165) is 42.3 Å². The number of aromatic nitrogens is 1. The number of hydrogen-bond acceptors (Lipinski definition) is 5. The standard InChI is InChI=1S/C14H22N4OS.ClH/c1-3-18(10(2)19)14-16-13(9-20-14)8-17-6-11-4-15-5-12(11)7-17;/h9,11-12,15H,3-8H2,1-2H3;1H/t11-,12+;. The lowest BCUT2D eigenvalue weighted by atomic mass is 10.0. The fraction of sp³-hybridized carbons (Fsp3) is 0.714. The number of halogens is 1. The number of thiazole rings is 1. The maximum absolute atomic E-state index is 11.5. The van der Waals surface area contributed by atoms with E-state index in [1.165, 1.54) is 13.1 Å². The van der Waals surface area contributed by atoms with Crippen molar-refractivity contribution in [3.63, 3.8) is 0 Å². The summed E-state index contributed by atoms with van der Waals surface area (Å²) in [7, 11) is 0. The van der Waals surface area contributed by atoms with Crippen LogP contribution in [0, 0.1) is 11.8 Å². The van der Waals surface area contributed by atoms with Crippen LogP contribution in [-0.2, 0) is 11.3 Å². The minimum Gasteiger partial charge on any atom is -0.316 e. The molecule has 3 heterocycles. The second-order valence-corrected chi connectivity index (χ2v) is 6.59. The maximum Gasteiger partial charge on any atom is 0.225 e. The second-order valence-electron chi connectivity index (χ2n) is 5.76. The lowest BCUT2D eigenvalue weighted by molar-refractivity contribution is -0.116. The Bertz CT molecular complexity index is 483. The highest BCUT2D eigenvalue weighted by Crippen LogP contribution is 2.28. The fourth-order valence-corrected chi connectivity index (χ4v) is 4.22. The summed E-state index contributed by atoms with van der Waals surface area (Å²) >= 11 is 1.57. The third-order valence-corrected chi connectivity index (χ3v) is 5.23. The molecule has 2 saturated heterocycles. The van der Waals surface area contributed by atoms with Crippen molar-refractivity contribution in [2.45, 2.75) is 20.4 Å². The Morgan fingerprint density at radius 1 is 1.48 bits per heavy atom. The van der Waals surface area contributed by atoms with Crippen molar-refractivity contribution < 1.29 is 4.79 Å². The minimum atomic E-state index is 0. The van der Waals surface area contributed by atoms with Crippen LogP contribution in [0.2, 0.25) is 0 Å². The van der Waals surface area contributed by atoms with E-state index in [9.17, 15) is 4.79 Å². The normalized spacial score (nSPS) is 24.7. The molecule has 2 aliphatic rings. The van der Waals surface area contributed by atoms with Crippen molar-refractivity contribution in [1.82, 2.24) is 15.2 Å². The van der Waals surface area contributed by atoms with Crippen molar-refractivity contribution in [2.24, 2.45) is 11.8 Å². The van der Waals surface area contributed by atoms with E-state index in [0.29, 0.717) is 6.54 Å². The lowest BCUT2D eigenvalue weighted by Crippen LogP contribution is -2.28. The molecule has 118 valence electrons. The van der Waals surface area contributed by atoms with E-state index in [-0.39, 0.29) is 18.3 Å². The molecule has 1 amide bonds. The van der Waals surface area contributed by atoms with Crippen LogP contribution in [0.25, 0.3) is 0 Å². The number of likely N-dealkylation sites (tertiary alicyclic amines) is 1. The van der Waals surface area contributed by atoms with E-state index in [2.05, 4.69) is 20.6 Å². The van der Waals surface area contributed by atoms with Crippen molar-refractivity contribution in [1.29, 1.82) is 0 Å². The first kappa shape index (κ1) is 16.7. The van der Waals surface area contributed by atoms with Gasteiger partial charge in [0.1, 0.15) is 0 Å². The van der Waals surface area contributed by atoms with Gasteiger partial charge in [-0.25, -0.2) is 4.98 Å². The monoisotopic (exact) mass is 330 g/mol. The van der Waals surface area contributed by atoms with Crippen molar-refractivity contribution in [3.8, 4) is 0 Å². The number of rotatable bonds is 4. The molecule has 0 bridgehead atoms. The fourth-order valence-electron chi connectivity index (χ4n) is 3.30. The van der Waals surface area contributed by atoms with Gasteiger partial charge in [0, 0.05) is 38.5 Å². The van der Waals surface area contributed by atoms with Crippen LogP contribution < -0.4 is 10.2 Å². The van der Waals surface area contributed by atoms with Crippen molar-refractivity contribution in [2.75, 3.05) is 37.6 Å². The molecule has 7 heteroatoms. The third-order valence-electron chi connectivity index (χ3n) is 4.32. The highest BCUT2D eigenvalue weighted by Gasteiger charge is 2.36. The summed E-state index contributed by atoms with van der Waals surface area (Å²) in [4.78, 5) is 20.4. The predicted octanol–water partition coefficient (Wildman–Crippen LogP) is 1.59. The first-order valence-electron chi connectivity index (χ1n) is 7.33.